The van der Waals surface area contributed by atoms with Gasteiger partial charge in [0, 0.05) is 25.6 Å². The molecule has 0 saturated heterocycles. The van der Waals surface area contributed by atoms with Crippen molar-refractivity contribution in [2.24, 2.45) is 0 Å². The number of nitrogens with zero attached hydrogens (tertiary/aromatic N) is 2. The highest BCUT2D eigenvalue weighted by Crippen LogP contribution is 2.34. The number of rotatable bonds is 4. The van der Waals surface area contributed by atoms with Crippen molar-refractivity contribution in [3.05, 3.63) is 21.9 Å². The monoisotopic (exact) mass is 312 g/mol. The number of fused-ring (bicyclic) bond motifs is 1. The van der Waals surface area contributed by atoms with Gasteiger partial charge in [-0.3, -0.25) is 0 Å². The summed E-state index contributed by atoms with van der Waals surface area (Å²) in [6.45, 7) is 2.71. The molecule has 0 aliphatic carbocycles. The summed E-state index contributed by atoms with van der Waals surface area (Å²) in [4.78, 5) is 28.2. The molecule has 2 rings (SSSR count). The van der Waals surface area contributed by atoms with Gasteiger partial charge >= 0.3 is 12.0 Å². The average molecular weight is 312 g/mol. The highest BCUT2D eigenvalue weighted by Gasteiger charge is 2.38. The van der Waals surface area contributed by atoms with E-state index in [0.29, 0.717) is 19.6 Å². The summed E-state index contributed by atoms with van der Waals surface area (Å²) in [6.07, 6.45) is 0.703. The van der Waals surface area contributed by atoms with Crippen LogP contribution in [0.1, 0.15) is 23.4 Å². The lowest BCUT2D eigenvalue weighted by molar-refractivity contribution is -0.143. The van der Waals surface area contributed by atoms with Crippen molar-refractivity contribution < 1.29 is 19.4 Å². The number of carbonyl (C=O) groups is 2. The van der Waals surface area contributed by atoms with E-state index in [-0.39, 0.29) is 12.1 Å². The summed E-state index contributed by atoms with van der Waals surface area (Å²) in [6, 6.07) is 0.519. The summed E-state index contributed by atoms with van der Waals surface area (Å²) in [7, 11) is 3.25. The molecule has 1 N–H and O–H groups in total. The summed E-state index contributed by atoms with van der Waals surface area (Å²) >= 11 is 1.55. The number of hydrogen-bond donors (Lipinski definition) is 1. The number of aliphatic carboxylic acids is 1. The Hall–Kier alpha value is -1.60. The summed E-state index contributed by atoms with van der Waals surface area (Å²) in [5, 5.41) is 11.4. The fourth-order valence-corrected chi connectivity index (χ4v) is 3.44. The molecule has 2 heterocycles. The number of methoxy groups -OCH3 is 1. The first-order valence-electron chi connectivity index (χ1n) is 6.78. The van der Waals surface area contributed by atoms with Gasteiger partial charge in [-0.15, -0.1) is 11.3 Å². The average Bonchev–Trinajstić information content (AvgIpc) is 2.92. The van der Waals surface area contributed by atoms with Crippen LogP contribution < -0.4 is 0 Å². The summed E-state index contributed by atoms with van der Waals surface area (Å²) in [5.74, 6) is -0.990. The van der Waals surface area contributed by atoms with E-state index in [1.165, 1.54) is 9.80 Å². The Labute approximate surface area is 127 Å². The molecule has 2 unspecified atom stereocenters. The molecule has 0 fully saturated rings. The molecule has 6 nitrogen and oxygen atoms in total. The number of hydrogen-bond acceptors (Lipinski definition) is 4. The second-order valence-corrected chi connectivity index (χ2v) is 6.18. The second kappa shape index (κ2) is 6.44. The highest BCUT2D eigenvalue weighted by molar-refractivity contribution is 7.10. The van der Waals surface area contributed by atoms with E-state index >= 15 is 0 Å². The number of thiophene rings is 1. The van der Waals surface area contributed by atoms with Crippen molar-refractivity contribution in [1.29, 1.82) is 0 Å². The number of carbonyl (C=O) groups excluding carboxylic acids is 1. The van der Waals surface area contributed by atoms with Crippen LogP contribution in [-0.4, -0.2) is 60.3 Å². The van der Waals surface area contributed by atoms with Crippen LogP contribution in [0.5, 0.6) is 0 Å². The molecular formula is C14H20N2O4S. The fourth-order valence-electron chi connectivity index (χ4n) is 2.53. The second-order valence-electron chi connectivity index (χ2n) is 5.18. The predicted octanol–water partition coefficient (Wildman–Crippen LogP) is 1.82. The normalized spacial score (nSPS) is 19.0. The lowest BCUT2D eigenvalue weighted by Crippen LogP contribution is -2.51. The van der Waals surface area contributed by atoms with Gasteiger partial charge in [0.25, 0.3) is 0 Å². The van der Waals surface area contributed by atoms with Gasteiger partial charge in [-0.05, 0) is 30.4 Å². The molecular weight excluding hydrogens is 292 g/mol. The summed E-state index contributed by atoms with van der Waals surface area (Å²) < 4.78 is 5.05. The minimum atomic E-state index is -0.990. The van der Waals surface area contributed by atoms with Crippen LogP contribution >= 0.6 is 11.3 Å². The van der Waals surface area contributed by atoms with Gasteiger partial charge in [0.1, 0.15) is 0 Å². The van der Waals surface area contributed by atoms with Crippen LogP contribution in [-0.2, 0) is 16.0 Å². The fraction of sp³-hybridized carbons (Fsp3) is 0.571. The van der Waals surface area contributed by atoms with Crippen molar-refractivity contribution in [3.63, 3.8) is 0 Å². The molecule has 1 aromatic rings. The number of amides is 2. The first-order chi connectivity index (χ1) is 9.97. The maximum Gasteiger partial charge on any atom is 0.331 e. The maximum atomic E-state index is 12.6. The Morgan fingerprint density at radius 2 is 2.33 bits per heavy atom. The molecule has 1 aromatic heterocycles. The van der Waals surface area contributed by atoms with Gasteiger partial charge in [-0.1, -0.05) is 0 Å². The van der Waals surface area contributed by atoms with Crippen molar-refractivity contribution in [3.8, 4) is 0 Å². The zero-order valence-corrected chi connectivity index (χ0v) is 13.2. The molecule has 2 atom stereocenters. The highest BCUT2D eigenvalue weighted by atomic mass is 32.1. The van der Waals surface area contributed by atoms with Crippen LogP contribution in [0, 0.1) is 0 Å². The third-order valence-electron chi connectivity index (χ3n) is 3.82. The standard InChI is InChI=1S/C14H20N2O4S/c1-9(8-20-3)15(2)14(19)16-6-4-11-10(5-7-21-11)12(16)13(17)18/h5,7,9,12H,4,6,8H2,1-3H3,(H,17,18). The molecule has 0 saturated carbocycles. The molecule has 0 spiro atoms. The van der Waals surface area contributed by atoms with Gasteiger partial charge < -0.3 is 19.6 Å². The molecule has 1 aliphatic rings. The molecule has 116 valence electrons. The molecule has 0 radical (unpaired) electrons. The van der Waals surface area contributed by atoms with E-state index in [1.54, 1.807) is 31.6 Å². The quantitative estimate of drug-likeness (QED) is 0.920. The lowest BCUT2D eigenvalue weighted by Gasteiger charge is -2.37. The molecule has 2 amide bonds. The molecule has 0 aromatic carbocycles. The summed E-state index contributed by atoms with van der Waals surface area (Å²) in [5.41, 5.74) is 0.736. The third-order valence-corrected chi connectivity index (χ3v) is 4.81. The molecule has 0 bridgehead atoms. The van der Waals surface area contributed by atoms with E-state index in [9.17, 15) is 14.7 Å². The Kier molecular flexibility index (Phi) is 4.84. The van der Waals surface area contributed by atoms with Gasteiger partial charge in [0.05, 0.1) is 12.6 Å². The predicted molar refractivity (Wildman–Crippen MR) is 79.6 cm³/mol. The van der Waals surface area contributed by atoms with E-state index in [1.807, 2.05) is 12.3 Å². The maximum absolute atomic E-state index is 12.6. The Morgan fingerprint density at radius 3 is 2.95 bits per heavy atom. The number of carboxylic acids is 1. The smallest absolute Gasteiger partial charge is 0.331 e. The third kappa shape index (κ3) is 3.03. The Bertz CT molecular complexity index is 531. The zero-order valence-electron chi connectivity index (χ0n) is 12.4. The van der Waals surface area contributed by atoms with Crippen LogP contribution in [0.25, 0.3) is 0 Å². The molecule has 1 aliphatic heterocycles. The van der Waals surface area contributed by atoms with Gasteiger partial charge in [0.15, 0.2) is 6.04 Å². The van der Waals surface area contributed by atoms with E-state index < -0.39 is 12.0 Å². The van der Waals surface area contributed by atoms with Crippen LogP contribution in [0.2, 0.25) is 0 Å². The van der Waals surface area contributed by atoms with E-state index in [0.717, 1.165) is 10.4 Å². The van der Waals surface area contributed by atoms with Crippen molar-refractivity contribution >= 4 is 23.3 Å². The minimum Gasteiger partial charge on any atom is -0.479 e. The van der Waals surface area contributed by atoms with Crippen molar-refractivity contribution in [2.45, 2.75) is 25.4 Å². The topological polar surface area (TPSA) is 70.1 Å². The Balaban J connectivity index is 2.23. The number of likely N-dealkylation sites (N-methyl/N-ethyl adjacent to an activating group) is 1. The largest absolute Gasteiger partial charge is 0.479 e. The van der Waals surface area contributed by atoms with Crippen molar-refractivity contribution in [1.82, 2.24) is 9.80 Å². The number of ether oxygens (including phenoxy) is 1. The number of carboxylic acid groups (broad SMARTS) is 1. The minimum absolute atomic E-state index is 0.110. The van der Waals surface area contributed by atoms with Crippen molar-refractivity contribution in [2.75, 3.05) is 27.3 Å². The van der Waals surface area contributed by atoms with Crippen LogP contribution in [0.15, 0.2) is 11.4 Å². The first-order valence-corrected chi connectivity index (χ1v) is 7.66. The van der Waals surface area contributed by atoms with Crippen LogP contribution in [0.3, 0.4) is 0 Å². The van der Waals surface area contributed by atoms with E-state index in [2.05, 4.69) is 0 Å². The van der Waals surface area contributed by atoms with Gasteiger partial charge in [0.2, 0.25) is 0 Å². The zero-order chi connectivity index (χ0) is 15.6. The van der Waals surface area contributed by atoms with E-state index in [4.69, 9.17) is 4.74 Å². The lowest BCUT2D eigenvalue weighted by atomic mass is 10.0. The number of urea groups is 1. The Morgan fingerprint density at radius 1 is 1.62 bits per heavy atom. The molecule has 21 heavy (non-hydrogen) atoms. The van der Waals surface area contributed by atoms with Crippen LogP contribution in [0.4, 0.5) is 4.79 Å². The first kappa shape index (κ1) is 15.8. The van der Waals surface area contributed by atoms with Gasteiger partial charge in [-0.25, -0.2) is 9.59 Å². The SMILES string of the molecule is COCC(C)N(C)C(=O)N1CCc2sccc2C1C(=O)O. The van der Waals surface area contributed by atoms with Gasteiger partial charge in [-0.2, -0.15) is 0 Å². The molecule has 7 heteroatoms.